The van der Waals surface area contributed by atoms with Gasteiger partial charge in [0, 0.05) is 24.4 Å². The van der Waals surface area contributed by atoms with Crippen LogP contribution in [0, 0.1) is 5.41 Å². The number of halogens is 1. The van der Waals surface area contributed by atoms with Gasteiger partial charge in [-0.3, -0.25) is 0 Å². The number of aromatic nitrogens is 2. The number of aliphatic hydroxyl groups is 1. The van der Waals surface area contributed by atoms with Gasteiger partial charge in [0.25, 0.3) is 0 Å². The molecule has 0 saturated carbocycles. The molecule has 0 radical (unpaired) electrons. The molecular formula is C16H22ClN3O. The first-order chi connectivity index (χ1) is 10.2. The van der Waals surface area contributed by atoms with Crippen molar-refractivity contribution in [3.05, 3.63) is 41.7 Å². The van der Waals surface area contributed by atoms with Gasteiger partial charge in [-0.2, -0.15) is 5.10 Å². The third-order valence-corrected chi connectivity index (χ3v) is 4.51. The number of nitrogens with one attached hydrogen (secondary N) is 1. The Kier molecular flexibility index (Phi) is 5.26. The highest BCUT2D eigenvalue weighted by molar-refractivity contribution is 6.33. The van der Waals surface area contributed by atoms with Crippen LogP contribution < -0.4 is 5.32 Å². The van der Waals surface area contributed by atoms with Crippen molar-refractivity contribution in [2.75, 3.05) is 18.5 Å². The van der Waals surface area contributed by atoms with Gasteiger partial charge in [0.2, 0.25) is 0 Å². The van der Waals surface area contributed by atoms with Crippen LogP contribution in [0.15, 0.2) is 36.7 Å². The minimum absolute atomic E-state index is 0.107. The Morgan fingerprint density at radius 3 is 2.62 bits per heavy atom. The largest absolute Gasteiger partial charge is 0.396 e. The van der Waals surface area contributed by atoms with Crippen molar-refractivity contribution in [3.63, 3.8) is 0 Å². The average molecular weight is 308 g/mol. The summed E-state index contributed by atoms with van der Waals surface area (Å²) in [5.74, 6) is 0. The molecule has 1 heterocycles. The molecule has 2 N–H and O–H groups in total. The van der Waals surface area contributed by atoms with Gasteiger partial charge in [0.05, 0.1) is 17.3 Å². The van der Waals surface area contributed by atoms with Crippen LogP contribution in [-0.2, 0) is 0 Å². The molecular weight excluding hydrogens is 286 g/mol. The van der Waals surface area contributed by atoms with Gasteiger partial charge in [-0.15, -0.1) is 0 Å². The van der Waals surface area contributed by atoms with Crippen molar-refractivity contribution in [1.29, 1.82) is 0 Å². The Hall–Kier alpha value is -1.52. The summed E-state index contributed by atoms with van der Waals surface area (Å²) in [5.41, 5.74) is 1.65. The van der Waals surface area contributed by atoms with E-state index in [9.17, 15) is 5.11 Å². The number of anilines is 1. The van der Waals surface area contributed by atoms with Crippen LogP contribution in [-0.4, -0.2) is 28.0 Å². The second-order valence-corrected chi connectivity index (χ2v) is 5.71. The van der Waals surface area contributed by atoms with E-state index >= 15 is 0 Å². The van der Waals surface area contributed by atoms with Gasteiger partial charge in [0.1, 0.15) is 5.69 Å². The van der Waals surface area contributed by atoms with Gasteiger partial charge in [-0.25, -0.2) is 4.68 Å². The Bertz CT molecular complexity index is 557. The summed E-state index contributed by atoms with van der Waals surface area (Å²) in [6, 6.07) is 7.61. The molecule has 0 atom stereocenters. The topological polar surface area (TPSA) is 50.1 Å². The second kappa shape index (κ2) is 6.96. The zero-order valence-electron chi connectivity index (χ0n) is 12.5. The highest BCUT2D eigenvalue weighted by Gasteiger charge is 2.25. The molecule has 1 aromatic carbocycles. The lowest BCUT2D eigenvalue weighted by atomic mass is 9.83. The van der Waals surface area contributed by atoms with E-state index in [0.717, 1.165) is 24.2 Å². The molecule has 0 amide bonds. The summed E-state index contributed by atoms with van der Waals surface area (Å²) in [7, 11) is 0. The van der Waals surface area contributed by atoms with Crippen molar-refractivity contribution in [2.24, 2.45) is 5.41 Å². The fourth-order valence-electron chi connectivity index (χ4n) is 2.35. The third kappa shape index (κ3) is 3.39. The molecule has 0 saturated heterocycles. The molecule has 0 bridgehead atoms. The van der Waals surface area contributed by atoms with E-state index in [0.29, 0.717) is 11.6 Å². The van der Waals surface area contributed by atoms with Gasteiger partial charge in [0.15, 0.2) is 0 Å². The fourth-order valence-corrected chi connectivity index (χ4v) is 2.62. The van der Waals surface area contributed by atoms with Crippen molar-refractivity contribution < 1.29 is 5.11 Å². The molecule has 0 aliphatic carbocycles. The Balaban J connectivity index is 2.27. The maximum atomic E-state index is 9.68. The van der Waals surface area contributed by atoms with Crippen LogP contribution in [0.5, 0.6) is 0 Å². The number of nitrogens with zero attached hydrogens (tertiary/aromatic N) is 2. The van der Waals surface area contributed by atoms with Crippen LogP contribution >= 0.6 is 11.6 Å². The monoisotopic (exact) mass is 307 g/mol. The molecule has 4 nitrogen and oxygen atoms in total. The molecule has 0 unspecified atom stereocenters. The standard InChI is InChI=1S/C16H22ClN3O/c1-3-16(4-2,12-21)11-18-14-8-5-7-13(17)15(14)20-10-6-9-19-20/h5-10,18,21H,3-4,11-12H2,1-2H3. The molecule has 5 heteroatoms. The molecule has 0 spiro atoms. The van der Waals surface area contributed by atoms with E-state index in [4.69, 9.17) is 11.6 Å². The summed E-state index contributed by atoms with van der Waals surface area (Å²) in [5, 5.41) is 18.0. The number of benzene rings is 1. The Labute approximate surface area is 130 Å². The average Bonchev–Trinajstić information content (AvgIpc) is 3.03. The molecule has 0 aliphatic heterocycles. The lowest BCUT2D eigenvalue weighted by Crippen LogP contribution is -2.32. The summed E-state index contributed by atoms with van der Waals surface area (Å²) < 4.78 is 1.75. The van der Waals surface area contributed by atoms with Crippen LogP contribution in [0.1, 0.15) is 26.7 Å². The highest BCUT2D eigenvalue weighted by Crippen LogP contribution is 2.31. The van der Waals surface area contributed by atoms with Gasteiger partial charge >= 0.3 is 0 Å². The number of aliphatic hydroxyl groups excluding tert-OH is 1. The lowest BCUT2D eigenvalue weighted by Gasteiger charge is -2.30. The summed E-state index contributed by atoms with van der Waals surface area (Å²) in [6.07, 6.45) is 5.43. The SMILES string of the molecule is CCC(CC)(CO)CNc1cccc(Cl)c1-n1cccn1. The molecule has 114 valence electrons. The Morgan fingerprint density at radius 2 is 2.05 bits per heavy atom. The molecule has 0 fully saturated rings. The highest BCUT2D eigenvalue weighted by atomic mass is 35.5. The predicted octanol–water partition coefficient (Wildman–Crippen LogP) is 3.74. The first kappa shape index (κ1) is 15.9. The molecule has 2 aromatic rings. The number of rotatable bonds is 7. The summed E-state index contributed by atoms with van der Waals surface area (Å²) in [4.78, 5) is 0. The summed E-state index contributed by atoms with van der Waals surface area (Å²) in [6.45, 7) is 5.08. The van der Waals surface area contributed by atoms with Crippen molar-refractivity contribution in [2.45, 2.75) is 26.7 Å². The molecule has 0 aliphatic rings. The lowest BCUT2D eigenvalue weighted by molar-refractivity contribution is 0.127. The summed E-state index contributed by atoms with van der Waals surface area (Å²) >= 11 is 6.32. The van der Waals surface area contributed by atoms with E-state index in [-0.39, 0.29) is 12.0 Å². The number of para-hydroxylation sites is 1. The van der Waals surface area contributed by atoms with Crippen LogP contribution in [0.3, 0.4) is 0 Å². The van der Waals surface area contributed by atoms with Gasteiger partial charge in [-0.1, -0.05) is 31.5 Å². The molecule has 21 heavy (non-hydrogen) atoms. The van der Waals surface area contributed by atoms with Crippen molar-refractivity contribution in [1.82, 2.24) is 9.78 Å². The fraction of sp³-hybridized carbons (Fsp3) is 0.438. The number of hydrogen-bond donors (Lipinski definition) is 2. The maximum absolute atomic E-state index is 9.68. The predicted molar refractivity (Wildman–Crippen MR) is 87.2 cm³/mol. The first-order valence-corrected chi connectivity index (χ1v) is 7.67. The third-order valence-electron chi connectivity index (χ3n) is 4.21. The quantitative estimate of drug-likeness (QED) is 0.819. The maximum Gasteiger partial charge on any atom is 0.106 e. The smallest absolute Gasteiger partial charge is 0.106 e. The van der Waals surface area contributed by atoms with Crippen LogP contribution in [0.25, 0.3) is 5.69 Å². The second-order valence-electron chi connectivity index (χ2n) is 5.31. The minimum Gasteiger partial charge on any atom is -0.396 e. The van der Waals surface area contributed by atoms with Gasteiger partial charge < -0.3 is 10.4 Å². The normalized spacial score (nSPS) is 11.6. The van der Waals surface area contributed by atoms with E-state index < -0.39 is 0 Å². The number of hydrogen-bond acceptors (Lipinski definition) is 3. The van der Waals surface area contributed by atoms with E-state index in [1.807, 2.05) is 30.5 Å². The zero-order chi connectivity index (χ0) is 15.3. The van der Waals surface area contributed by atoms with E-state index in [1.54, 1.807) is 10.9 Å². The van der Waals surface area contributed by atoms with E-state index in [2.05, 4.69) is 24.3 Å². The van der Waals surface area contributed by atoms with Crippen LogP contribution in [0.4, 0.5) is 5.69 Å². The molecule has 2 rings (SSSR count). The minimum atomic E-state index is -0.107. The van der Waals surface area contributed by atoms with Crippen molar-refractivity contribution in [3.8, 4) is 5.69 Å². The van der Waals surface area contributed by atoms with E-state index in [1.165, 1.54) is 0 Å². The van der Waals surface area contributed by atoms with Crippen molar-refractivity contribution >= 4 is 17.3 Å². The zero-order valence-corrected chi connectivity index (χ0v) is 13.3. The Morgan fingerprint density at radius 1 is 1.29 bits per heavy atom. The molecule has 1 aromatic heterocycles. The van der Waals surface area contributed by atoms with Crippen LogP contribution in [0.2, 0.25) is 5.02 Å². The van der Waals surface area contributed by atoms with Gasteiger partial charge in [-0.05, 0) is 31.0 Å². The first-order valence-electron chi connectivity index (χ1n) is 7.29.